The van der Waals surface area contributed by atoms with E-state index in [4.69, 9.17) is 23.9 Å². The van der Waals surface area contributed by atoms with E-state index < -0.39 is 27.5 Å². The van der Waals surface area contributed by atoms with Crippen LogP contribution in [-0.4, -0.2) is 93.0 Å². The third kappa shape index (κ3) is 5.90. The van der Waals surface area contributed by atoms with Crippen LogP contribution >= 0.6 is 7.55 Å². The Balaban J connectivity index is 1.33. The van der Waals surface area contributed by atoms with Crippen LogP contribution in [-0.2, 0) is 20.9 Å². The van der Waals surface area contributed by atoms with Crippen molar-refractivity contribution in [2.75, 3.05) is 50.6 Å². The Morgan fingerprint density at radius 3 is 2.67 bits per heavy atom. The molecule has 42 heavy (non-hydrogen) atoms. The van der Waals surface area contributed by atoms with Crippen molar-refractivity contribution in [3.63, 3.8) is 0 Å². The minimum absolute atomic E-state index is 0.229. The maximum Gasteiger partial charge on any atom is 0.198 e. The van der Waals surface area contributed by atoms with E-state index in [1.54, 1.807) is 6.07 Å². The molecular formula is C31H41FN3O5PSi. The number of aromatic nitrogens is 2. The standard InChI is InChI=1S/C31H41FN3O5PSi/c1-20-27-24(16-23(32)28(33-27)21-6-8-22(9-7-21)34-10-12-37-13-11-34)35(19-38-14-15-42(3,4)5)31(20)40-26-17-39-29-25(36)18-41(2)30(26)29/h6-9,16,25-26,29,36H,2,10-15,17-19H2,1,3-5H3/t25-,26-,29-/m1/s1. The smallest absolute Gasteiger partial charge is 0.198 e. The number of morpholine rings is 1. The Hall–Kier alpha value is -2.33. The fourth-order valence-electron chi connectivity index (χ4n) is 5.94. The summed E-state index contributed by atoms with van der Waals surface area (Å²) in [4.78, 5) is 7.13. The molecule has 2 aromatic heterocycles. The number of halogens is 1. The number of hydrogen-bond acceptors (Lipinski definition) is 7. The summed E-state index contributed by atoms with van der Waals surface area (Å²) < 4.78 is 41.8. The van der Waals surface area contributed by atoms with E-state index in [0.717, 1.165) is 41.6 Å². The molecule has 226 valence electrons. The zero-order valence-corrected chi connectivity index (χ0v) is 26.8. The van der Waals surface area contributed by atoms with Gasteiger partial charge in [-0.15, -0.1) is 0 Å². The number of fused-ring (bicyclic) bond motifs is 2. The van der Waals surface area contributed by atoms with Crippen LogP contribution < -0.4 is 9.64 Å². The minimum Gasteiger partial charge on any atom is -0.502 e. The molecule has 0 aliphatic carbocycles. The van der Waals surface area contributed by atoms with Gasteiger partial charge in [0.05, 0.1) is 37.0 Å². The highest BCUT2D eigenvalue weighted by molar-refractivity contribution is 7.59. The lowest BCUT2D eigenvalue weighted by Crippen LogP contribution is -2.36. The lowest BCUT2D eigenvalue weighted by Gasteiger charge is -2.28. The first kappa shape index (κ1) is 29.7. The molecule has 3 aliphatic heterocycles. The molecule has 0 radical (unpaired) electrons. The summed E-state index contributed by atoms with van der Waals surface area (Å²) in [5.74, 6) is 0.198. The molecule has 0 bridgehead atoms. The van der Waals surface area contributed by atoms with Crippen molar-refractivity contribution in [3.8, 4) is 17.1 Å². The average molecular weight is 614 g/mol. The van der Waals surface area contributed by atoms with Gasteiger partial charge in [0, 0.05) is 69.2 Å². The van der Waals surface area contributed by atoms with Crippen LogP contribution in [0.1, 0.15) is 5.56 Å². The zero-order valence-electron chi connectivity index (χ0n) is 24.9. The lowest BCUT2D eigenvalue weighted by molar-refractivity contribution is 0.0186. The molecule has 0 spiro atoms. The van der Waals surface area contributed by atoms with Crippen molar-refractivity contribution in [2.24, 2.45) is 0 Å². The normalized spacial score (nSPS) is 24.1. The average Bonchev–Trinajstić information content (AvgIpc) is 3.59. The van der Waals surface area contributed by atoms with Crippen LogP contribution in [0.25, 0.3) is 22.3 Å². The number of anilines is 1. The molecule has 3 saturated heterocycles. The van der Waals surface area contributed by atoms with E-state index >= 15 is 4.39 Å². The van der Waals surface area contributed by atoms with Gasteiger partial charge < -0.3 is 29.0 Å². The van der Waals surface area contributed by atoms with Crippen LogP contribution in [0.15, 0.2) is 30.3 Å². The second-order valence-corrected chi connectivity index (χ2v) is 20.2. The molecule has 3 aromatic rings. The molecule has 11 heteroatoms. The highest BCUT2D eigenvalue weighted by Crippen LogP contribution is 2.53. The summed E-state index contributed by atoms with van der Waals surface area (Å²) >= 11 is 0. The van der Waals surface area contributed by atoms with Crippen molar-refractivity contribution in [1.29, 1.82) is 0 Å². The Labute approximate surface area is 249 Å². The van der Waals surface area contributed by atoms with E-state index in [-0.39, 0.29) is 18.9 Å². The Bertz CT molecular complexity index is 1450. The number of aryl methyl sites for hydroxylation is 1. The third-order valence-corrected chi connectivity index (χ3v) is 12.1. The summed E-state index contributed by atoms with van der Waals surface area (Å²) in [6, 6.07) is 10.5. The van der Waals surface area contributed by atoms with Crippen molar-refractivity contribution in [2.45, 2.75) is 57.7 Å². The highest BCUT2D eigenvalue weighted by atomic mass is 31.1. The van der Waals surface area contributed by atoms with E-state index in [2.05, 4.69) is 30.8 Å². The molecule has 3 fully saturated rings. The summed E-state index contributed by atoms with van der Waals surface area (Å²) in [6.07, 6.45) is 3.73. The predicted molar refractivity (Wildman–Crippen MR) is 169 cm³/mol. The Kier molecular flexibility index (Phi) is 8.48. The molecule has 3 aliphatic rings. The van der Waals surface area contributed by atoms with Gasteiger partial charge in [0.2, 0.25) is 0 Å². The van der Waals surface area contributed by atoms with Crippen molar-refractivity contribution in [1.82, 2.24) is 9.55 Å². The fraction of sp³-hybridized carbons (Fsp3) is 0.516. The number of nitrogens with zero attached hydrogens (tertiary/aromatic N) is 3. The number of rotatable bonds is 9. The maximum absolute atomic E-state index is 15.8. The van der Waals surface area contributed by atoms with Gasteiger partial charge in [0.25, 0.3) is 0 Å². The SMILES string of the molecule is C=[P+]1C[C@@H](O)[C@H]2OC[C@@H](Oc3c(C)c4nc(-c5ccc(N6CCOCC6)cc5)c(F)cc4n3COCC[Si](C)(C)C)[C-]21. The number of aliphatic hydroxyl groups is 1. The van der Waals surface area contributed by atoms with Crippen LogP contribution in [0.2, 0.25) is 25.7 Å². The number of pyridine rings is 1. The quantitative estimate of drug-likeness (QED) is 0.153. The monoisotopic (exact) mass is 613 g/mol. The van der Waals surface area contributed by atoms with Gasteiger partial charge >= 0.3 is 0 Å². The first-order valence-electron chi connectivity index (χ1n) is 14.7. The van der Waals surface area contributed by atoms with E-state index in [9.17, 15) is 5.11 Å². The van der Waals surface area contributed by atoms with E-state index in [0.29, 0.717) is 55.2 Å². The molecule has 5 heterocycles. The molecule has 1 aromatic carbocycles. The Morgan fingerprint density at radius 2 is 1.95 bits per heavy atom. The van der Waals surface area contributed by atoms with Crippen molar-refractivity contribution >= 4 is 38.6 Å². The number of hydrogen-bond donors (Lipinski definition) is 1. The van der Waals surface area contributed by atoms with Gasteiger partial charge in [-0.2, -0.15) is 0 Å². The summed E-state index contributed by atoms with van der Waals surface area (Å²) in [5, 5.41) is 10.4. The van der Waals surface area contributed by atoms with E-state index in [1.807, 2.05) is 35.8 Å². The van der Waals surface area contributed by atoms with E-state index in [1.165, 1.54) is 0 Å². The predicted octanol–water partition coefficient (Wildman–Crippen LogP) is 5.27. The van der Waals surface area contributed by atoms with Gasteiger partial charge in [0.15, 0.2) is 11.7 Å². The molecule has 4 atom stereocenters. The molecule has 1 unspecified atom stereocenters. The summed E-state index contributed by atoms with van der Waals surface area (Å²) in [6.45, 7) is 13.2. The molecule has 8 nitrogen and oxygen atoms in total. The molecule has 1 N–H and O–H groups in total. The molecule has 6 rings (SSSR count). The molecule has 0 saturated carbocycles. The van der Waals surface area contributed by atoms with Crippen LogP contribution in [0.5, 0.6) is 5.88 Å². The van der Waals surface area contributed by atoms with Gasteiger partial charge in [-0.05, 0) is 30.8 Å². The van der Waals surface area contributed by atoms with Crippen LogP contribution in [0.3, 0.4) is 0 Å². The topological polar surface area (TPSA) is 78.2 Å². The Morgan fingerprint density at radius 1 is 1.21 bits per heavy atom. The lowest BCUT2D eigenvalue weighted by atomic mass is 10.1. The van der Waals surface area contributed by atoms with Gasteiger partial charge in [-0.3, -0.25) is 4.57 Å². The van der Waals surface area contributed by atoms with Gasteiger partial charge in [-0.25, -0.2) is 9.37 Å². The first-order chi connectivity index (χ1) is 20.1. The maximum atomic E-state index is 15.8. The number of aliphatic hydroxyl groups excluding tert-OH is 1. The second kappa shape index (κ2) is 12.0. The van der Waals surface area contributed by atoms with Crippen molar-refractivity contribution < 1.29 is 28.4 Å². The minimum atomic E-state index is -1.28. The summed E-state index contributed by atoms with van der Waals surface area (Å²) in [7, 11) is -2.03. The third-order valence-electron chi connectivity index (χ3n) is 8.33. The second-order valence-electron chi connectivity index (χ2n) is 12.6. The summed E-state index contributed by atoms with van der Waals surface area (Å²) in [5.41, 5.74) is 5.30. The van der Waals surface area contributed by atoms with Gasteiger partial charge in [-0.1, -0.05) is 39.3 Å². The fourth-order valence-corrected chi connectivity index (χ4v) is 8.69. The molecular weight excluding hydrogens is 572 g/mol. The van der Waals surface area contributed by atoms with Crippen molar-refractivity contribution in [3.05, 3.63) is 47.4 Å². The molecule has 0 amide bonds. The number of ether oxygens (including phenoxy) is 4. The van der Waals surface area contributed by atoms with Gasteiger partial charge in [0.1, 0.15) is 18.6 Å². The number of benzene rings is 1. The van der Waals surface area contributed by atoms with Crippen LogP contribution in [0, 0.1) is 18.4 Å². The van der Waals surface area contributed by atoms with Crippen LogP contribution in [0.4, 0.5) is 10.1 Å². The highest BCUT2D eigenvalue weighted by Gasteiger charge is 2.46. The zero-order chi connectivity index (χ0) is 29.6. The first-order valence-corrected chi connectivity index (χ1v) is 20.1. The largest absolute Gasteiger partial charge is 0.502 e.